The Labute approximate surface area is 85.3 Å². The van der Waals surface area contributed by atoms with Gasteiger partial charge in [0.25, 0.3) is 0 Å². The van der Waals surface area contributed by atoms with Gasteiger partial charge in [0.2, 0.25) is 5.91 Å². The summed E-state index contributed by atoms with van der Waals surface area (Å²) >= 11 is 0. The summed E-state index contributed by atoms with van der Waals surface area (Å²) in [6.07, 6.45) is 1.83. The van der Waals surface area contributed by atoms with Gasteiger partial charge in [-0.2, -0.15) is 0 Å². The fraction of sp³-hybridized carbons (Fsp3) is 0.900. The minimum atomic E-state index is 0.0344. The third-order valence-corrected chi connectivity index (χ3v) is 2.30. The Hall–Kier alpha value is -0.610. The van der Waals surface area contributed by atoms with E-state index in [1.165, 1.54) is 0 Å². The van der Waals surface area contributed by atoms with Gasteiger partial charge < -0.3 is 5.32 Å². The summed E-state index contributed by atoms with van der Waals surface area (Å²) in [4.78, 5) is 16.6. The van der Waals surface area contributed by atoms with E-state index in [4.69, 9.17) is 4.84 Å². The zero-order valence-corrected chi connectivity index (χ0v) is 9.01. The lowest BCUT2D eigenvalue weighted by molar-refractivity contribution is -0.139. The average molecular weight is 200 g/mol. The molecule has 2 N–H and O–H groups in total. The Bertz CT molecular complexity index is 177. The van der Waals surface area contributed by atoms with E-state index in [2.05, 4.69) is 24.6 Å². The van der Waals surface area contributed by atoms with Gasteiger partial charge in [-0.15, -0.1) is 0 Å². The van der Waals surface area contributed by atoms with Crippen LogP contribution < -0.4 is 10.8 Å². The molecule has 1 amide bonds. The summed E-state index contributed by atoms with van der Waals surface area (Å²) in [6, 6.07) is 0. The number of piperidine rings is 1. The molecular weight excluding hydrogens is 180 g/mol. The third-order valence-electron chi connectivity index (χ3n) is 2.30. The van der Waals surface area contributed by atoms with E-state index in [0.717, 1.165) is 25.9 Å². The molecule has 1 saturated heterocycles. The monoisotopic (exact) mass is 200 g/mol. The lowest BCUT2D eigenvalue weighted by Crippen LogP contribution is -2.38. The van der Waals surface area contributed by atoms with Crippen molar-refractivity contribution in [2.45, 2.75) is 26.7 Å². The van der Waals surface area contributed by atoms with Crippen LogP contribution in [0.2, 0.25) is 0 Å². The first-order valence-electron chi connectivity index (χ1n) is 5.32. The summed E-state index contributed by atoms with van der Waals surface area (Å²) in [5.74, 6) is 0.610. The average Bonchev–Trinajstić information content (AvgIpc) is 2.18. The van der Waals surface area contributed by atoms with Crippen LogP contribution in [-0.2, 0) is 9.63 Å². The van der Waals surface area contributed by atoms with Crippen molar-refractivity contribution in [3.05, 3.63) is 0 Å². The Kier molecular flexibility index (Phi) is 4.90. The maximum Gasteiger partial charge on any atom is 0.246 e. The maximum absolute atomic E-state index is 11.5. The molecule has 14 heavy (non-hydrogen) atoms. The topological polar surface area (TPSA) is 50.4 Å². The molecule has 0 aromatic carbocycles. The lowest BCUT2D eigenvalue weighted by Gasteiger charge is -2.21. The van der Waals surface area contributed by atoms with Gasteiger partial charge in [-0.1, -0.05) is 13.8 Å². The Morgan fingerprint density at radius 3 is 2.71 bits per heavy atom. The molecule has 0 atom stereocenters. The Balaban J connectivity index is 2.13. The zero-order valence-electron chi connectivity index (χ0n) is 9.01. The van der Waals surface area contributed by atoms with Gasteiger partial charge in [-0.05, 0) is 31.8 Å². The van der Waals surface area contributed by atoms with Crippen LogP contribution >= 0.6 is 0 Å². The summed E-state index contributed by atoms with van der Waals surface area (Å²) in [7, 11) is 0. The second kappa shape index (κ2) is 5.98. The van der Waals surface area contributed by atoms with E-state index in [1.54, 1.807) is 0 Å². The van der Waals surface area contributed by atoms with E-state index in [0.29, 0.717) is 12.5 Å². The Morgan fingerprint density at radius 1 is 1.50 bits per heavy atom. The zero-order chi connectivity index (χ0) is 10.4. The standard InChI is InChI=1S/C10H20N2O2/c1-8(2)7-14-12-10(13)9-3-5-11-6-4-9/h8-9,11H,3-7H2,1-2H3,(H,12,13). The van der Waals surface area contributed by atoms with Gasteiger partial charge in [0.15, 0.2) is 0 Å². The highest BCUT2D eigenvalue weighted by atomic mass is 16.6. The predicted octanol–water partition coefficient (Wildman–Crippen LogP) is 0.690. The van der Waals surface area contributed by atoms with Crippen molar-refractivity contribution in [2.24, 2.45) is 11.8 Å². The van der Waals surface area contributed by atoms with Crippen LogP contribution in [-0.4, -0.2) is 25.6 Å². The first-order chi connectivity index (χ1) is 6.70. The number of hydrogen-bond donors (Lipinski definition) is 2. The quantitative estimate of drug-likeness (QED) is 0.656. The summed E-state index contributed by atoms with van der Waals surface area (Å²) in [5.41, 5.74) is 2.52. The molecule has 0 radical (unpaired) electrons. The fourth-order valence-corrected chi connectivity index (χ4v) is 1.45. The molecule has 82 valence electrons. The molecule has 0 bridgehead atoms. The molecule has 1 rings (SSSR count). The lowest BCUT2D eigenvalue weighted by atomic mass is 9.98. The van der Waals surface area contributed by atoms with Crippen molar-refractivity contribution in [3.8, 4) is 0 Å². The first kappa shape index (κ1) is 11.5. The Morgan fingerprint density at radius 2 is 2.14 bits per heavy atom. The molecule has 0 saturated carbocycles. The number of rotatable bonds is 4. The fourth-order valence-electron chi connectivity index (χ4n) is 1.45. The molecule has 1 heterocycles. The van der Waals surface area contributed by atoms with Crippen molar-refractivity contribution in [1.29, 1.82) is 0 Å². The largest absolute Gasteiger partial charge is 0.317 e. The number of nitrogens with one attached hydrogen (secondary N) is 2. The van der Waals surface area contributed by atoms with Gasteiger partial charge in [0, 0.05) is 5.92 Å². The number of carbonyl (C=O) groups excluding carboxylic acids is 1. The highest BCUT2D eigenvalue weighted by molar-refractivity contribution is 5.77. The van der Waals surface area contributed by atoms with E-state index in [9.17, 15) is 4.79 Å². The molecule has 0 aromatic heterocycles. The summed E-state index contributed by atoms with van der Waals surface area (Å²) < 4.78 is 0. The molecule has 1 fully saturated rings. The molecule has 0 unspecified atom stereocenters. The van der Waals surface area contributed by atoms with Crippen molar-refractivity contribution < 1.29 is 9.63 Å². The van der Waals surface area contributed by atoms with E-state index < -0.39 is 0 Å². The van der Waals surface area contributed by atoms with Crippen LogP contribution in [0.3, 0.4) is 0 Å². The van der Waals surface area contributed by atoms with Gasteiger partial charge in [-0.25, -0.2) is 5.48 Å². The third kappa shape index (κ3) is 4.07. The SMILES string of the molecule is CC(C)CONC(=O)C1CCNCC1. The number of amides is 1. The minimum Gasteiger partial charge on any atom is -0.317 e. The highest BCUT2D eigenvalue weighted by Gasteiger charge is 2.20. The number of hydrogen-bond acceptors (Lipinski definition) is 3. The smallest absolute Gasteiger partial charge is 0.246 e. The van der Waals surface area contributed by atoms with Crippen LogP contribution in [0.15, 0.2) is 0 Å². The van der Waals surface area contributed by atoms with Crippen LogP contribution in [0.25, 0.3) is 0 Å². The summed E-state index contributed by atoms with van der Waals surface area (Å²) in [6.45, 7) is 6.55. The van der Waals surface area contributed by atoms with Crippen molar-refractivity contribution >= 4 is 5.91 Å². The van der Waals surface area contributed by atoms with Crippen molar-refractivity contribution in [3.63, 3.8) is 0 Å². The molecule has 4 nitrogen and oxygen atoms in total. The van der Waals surface area contributed by atoms with Gasteiger partial charge in [0.05, 0.1) is 6.61 Å². The highest BCUT2D eigenvalue weighted by Crippen LogP contribution is 2.11. The molecule has 4 heteroatoms. The second-order valence-electron chi connectivity index (χ2n) is 4.20. The van der Waals surface area contributed by atoms with Crippen molar-refractivity contribution in [1.82, 2.24) is 10.8 Å². The van der Waals surface area contributed by atoms with E-state index in [-0.39, 0.29) is 11.8 Å². The minimum absolute atomic E-state index is 0.0344. The van der Waals surface area contributed by atoms with Gasteiger partial charge in [0.1, 0.15) is 0 Å². The van der Waals surface area contributed by atoms with Crippen LogP contribution in [0.4, 0.5) is 0 Å². The van der Waals surface area contributed by atoms with Crippen LogP contribution in [0.1, 0.15) is 26.7 Å². The number of hydroxylamine groups is 1. The molecule has 1 aliphatic rings. The van der Waals surface area contributed by atoms with Gasteiger partial charge in [-0.3, -0.25) is 9.63 Å². The van der Waals surface area contributed by atoms with Crippen LogP contribution in [0, 0.1) is 11.8 Å². The molecule has 0 aliphatic carbocycles. The van der Waals surface area contributed by atoms with Gasteiger partial charge >= 0.3 is 0 Å². The van der Waals surface area contributed by atoms with E-state index in [1.807, 2.05) is 0 Å². The second-order valence-corrected chi connectivity index (χ2v) is 4.20. The summed E-state index contributed by atoms with van der Waals surface area (Å²) in [5, 5.41) is 3.22. The maximum atomic E-state index is 11.5. The molecule has 1 aliphatic heterocycles. The van der Waals surface area contributed by atoms with Crippen LogP contribution in [0.5, 0.6) is 0 Å². The molecule has 0 aromatic rings. The normalized spacial score (nSPS) is 18.5. The molecular formula is C10H20N2O2. The predicted molar refractivity (Wildman–Crippen MR) is 54.5 cm³/mol. The first-order valence-corrected chi connectivity index (χ1v) is 5.32. The molecule has 0 spiro atoms. The van der Waals surface area contributed by atoms with E-state index >= 15 is 0 Å². The van der Waals surface area contributed by atoms with Crippen molar-refractivity contribution in [2.75, 3.05) is 19.7 Å². The number of carbonyl (C=O) groups is 1.